The van der Waals surface area contributed by atoms with Crippen molar-refractivity contribution in [1.82, 2.24) is 0 Å². The second kappa shape index (κ2) is 6.07. The van der Waals surface area contributed by atoms with E-state index in [0.717, 1.165) is 25.7 Å². The molecule has 0 bridgehead atoms. The fourth-order valence-electron chi connectivity index (χ4n) is 6.97. The average Bonchev–Trinajstić information content (AvgIpc) is 2.92. The van der Waals surface area contributed by atoms with Crippen LogP contribution in [0.15, 0.2) is 23.3 Å². The lowest BCUT2D eigenvalue weighted by Crippen LogP contribution is -2.46. The van der Waals surface area contributed by atoms with E-state index in [0.29, 0.717) is 17.6 Å². The van der Waals surface area contributed by atoms with Crippen LogP contribution in [0.25, 0.3) is 0 Å². The van der Waals surface area contributed by atoms with Crippen molar-refractivity contribution in [2.24, 2.45) is 28.6 Å². The van der Waals surface area contributed by atoms with Crippen LogP contribution in [-0.4, -0.2) is 17.9 Å². The molecule has 3 saturated carbocycles. The molecule has 4 aliphatic carbocycles. The minimum absolute atomic E-state index is 0.0456. The Kier molecular flexibility index (Phi) is 4.20. The molecule has 4 aliphatic rings. The molecule has 0 saturated heterocycles. The highest BCUT2D eigenvalue weighted by molar-refractivity contribution is 5.79. The zero-order valence-electron chi connectivity index (χ0n) is 16.6. The van der Waals surface area contributed by atoms with Crippen LogP contribution in [-0.2, 0) is 14.3 Å². The Balaban J connectivity index is 1.64. The molecule has 0 amide bonds. The average molecular weight is 357 g/mol. The SMILES string of the molecule is CC(=O)O[C@@H]1CC[C@]2(C)C(=CC=C3[C@@H]4CC[C@@H](C(C)=O)[C@@]4(C)CC[C@@H]32)C1. The van der Waals surface area contributed by atoms with Gasteiger partial charge < -0.3 is 4.74 Å². The summed E-state index contributed by atoms with van der Waals surface area (Å²) >= 11 is 0. The second-order valence-electron chi connectivity index (χ2n) is 9.64. The number of hydrogen-bond donors (Lipinski definition) is 0. The Labute approximate surface area is 157 Å². The monoisotopic (exact) mass is 356 g/mol. The molecule has 0 heterocycles. The van der Waals surface area contributed by atoms with Gasteiger partial charge in [0.15, 0.2) is 0 Å². The van der Waals surface area contributed by atoms with E-state index in [9.17, 15) is 9.59 Å². The standard InChI is InChI=1S/C23H32O3/c1-14(24)19-7-8-20-18-6-5-16-13-17(26-15(2)25)9-11-22(16,3)21(18)10-12-23(19,20)4/h5-6,17,19-21H,7-13H2,1-4H3/t17-,19+,20+,21+,22-,23-/m1/s1. The molecule has 0 spiro atoms. The summed E-state index contributed by atoms with van der Waals surface area (Å²) < 4.78 is 5.51. The predicted octanol–water partition coefficient (Wildman–Crippen LogP) is 5.01. The minimum Gasteiger partial charge on any atom is -0.462 e. The summed E-state index contributed by atoms with van der Waals surface area (Å²) in [6.07, 6.45) is 12.3. The number of esters is 1. The van der Waals surface area contributed by atoms with Crippen molar-refractivity contribution in [1.29, 1.82) is 0 Å². The van der Waals surface area contributed by atoms with Crippen molar-refractivity contribution in [2.75, 3.05) is 0 Å². The first kappa shape index (κ1) is 18.0. The Hall–Kier alpha value is -1.38. The highest BCUT2D eigenvalue weighted by Gasteiger charge is 2.57. The molecule has 0 aliphatic heterocycles. The van der Waals surface area contributed by atoms with E-state index >= 15 is 0 Å². The molecule has 3 fully saturated rings. The number of fused-ring (bicyclic) bond motifs is 5. The fraction of sp³-hybridized carbons (Fsp3) is 0.739. The van der Waals surface area contributed by atoms with Crippen LogP contribution >= 0.6 is 0 Å². The Morgan fingerprint density at radius 2 is 1.77 bits per heavy atom. The molecular weight excluding hydrogens is 324 g/mol. The van der Waals surface area contributed by atoms with Crippen LogP contribution in [0.1, 0.15) is 72.6 Å². The maximum absolute atomic E-state index is 12.2. The first-order chi connectivity index (χ1) is 12.3. The zero-order chi connectivity index (χ0) is 18.7. The summed E-state index contributed by atoms with van der Waals surface area (Å²) in [4.78, 5) is 23.6. The van der Waals surface area contributed by atoms with Crippen molar-refractivity contribution in [3.63, 3.8) is 0 Å². The van der Waals surface area contributed by atoms with E-state index in [4.69, 9.17) is 4.74 Å². The molecule has 0 aromatic rings. The highest BCUT2D eigenvalue weighted by Crippen LogP contribution is 2.65. The Morgan fingerprint density at radius 3 is 2.46 bits per heavy atom. The van der Waals surface area contributed by atoms with Crippen LogP contribution in [0.5, 0.6) is 0 Å². The van der Waals surface area contributed by atoms with Gasteiger partial charge in [-0.25, -0.2) is 0 Å². The topological polar surface area (TPSA) is 43.4 Å². The van der Waals surface area contributed by atoms with Gasteiger partial charge >= 0.3 is 5.97 Å². The summed E-state index contributed by atoms with van der Waals surface area (Å²) in [7, 11) is 0. The van der Waals surface area contributed by atoms with Gasteiger partial charge in [0.05, 0.1) is 0 Å². The lowest BCUT2D eigenvalue weighted by molar-refractivity contribution is -0.148. The molecule has 142 valence electrons. The summed E-state index contributed by atoms with van der Waals surface area (Å²) in [5.74, 6) is 1.63. The lowest BCUT2D eigenvalue weighted by atomic mass is 9.50. The zero-order valence-corrected chi connectivity index (χ0v) is 16.6. The molecule has 0 aromatic carbocycles. The van der Waals surface area contributed by atoms with E-state index in [1.807, 2.05) is 0 Å². The molecular formula is C23H32O3. The van der Waals surface area contributed by atoms with E-state index in [1.54, 1.807) is 12.5 Å². The first-order valence-electron chi connectivity index (χ1n) is 10.3. The third-order valence-electron chi connectivity index (χ3n) is 8.35. The number of ether oxygens (including phenoxy) is 1. The minimum atomic E-state index is -0.166. The summed E-state index contributed by atoms with van der Waals surface area (Å²) in [5.41, 5.74) is 3.44. The maximum Gasteiger partial charge on any atom is 0.302 e. The molecule has 4 rings (SSSR count). The van der Waals surface area contributed by atoms with Crippen LogP contribution in [0.4, 0.5) is 0 Å². The smallest absolute Gasteiger partial charge is 0.302 e. The molecule has 0 radical (unpaired) electrons. The predicted molar refractivity (Wildman–Crippen MR) is 101 cm³/mol. The summed E-state index contributed by atoms with van der Waals surface area (Å²) in [5, 5.41) is 0. The number of ketones is 1. The molecule has 6 atom stereocenters. The quantitative estimate of drug-likeness (QED) is 0.654. The van der Waals surface area contributed by atoms with Crippen molar-refractivity contribution in [3.05, 3.63) is 23.3 Å². The van der Waals surface area contributed by atoms with Gasteiger partial charge in [-0.05, 0) is 68.1 Å². The van der Waals surface area contributed by atoms with E-state index in [2.05, 4.69) is 26.0 Å². The van der Waals surface area contributed by atoms with Crippen LogP contribution in [0.3, 0.4) is 0 Å². The molecule has 26 heavy (non-hydrogen) atoms. The first-order valence-corrected chi connectivity index (χ1v) is 10.3. The van der Waals surface area contributed by atoms with E-state index < -0.39 is 0 Å². The van der Waals surface area contributed by atoms with Crippen molar-refractivity contribution in [3.8, 4) is 0 Å². The second-order valence-corrected chi connectivity index (χ2v) is 9.64. The van der Waals surface area contributed by atoms with Gasteiger partial charge in [-0.2, -0.15) is 0 Å². The number of rotatable bonds is 2. The van der Waals surface area contributed by atoms with Gasteiger partial charge in [-0.1, -0.05) is 37.1 Å². The number of carbonyl (C=O) groups excluding carboxylic acids is 2. The van der Waals surface area contributed by atoms with Gasteiger partial charge in [-0.15, -0.1) is 0 Å². The molecule has 3 nitrogen and oxygen atoms in total. The van der Waals surface area contributed by atoms with Crippen molar-refractivity contribution in [2.45, 2.75) is 78.7 Å². The van der Waals surface area contributed by atoms with Gasteiger partial charge in [0, 0.05) is 19.3 Å². The van der Waals surface area contributed by atoms with Crippen LogP contribution in [0.2, 0.25) is 0 Å². The van der Waals surface area contributed by atoms with Gasteiger partial charge in [0.25, 0.3) is 0 Å². The van der Waals surface area contributed by atoms with Crippen LogP contribution in [0, 0.1) is 28.6 Å². The number of Topliss-reactive ketones (excluding diaryl/α,β-unsaturated/α-hetero) is 1. The number of carbonyl (C=O) groups is 2. The fourth-order valence-corrected chi connectivity index (χ4v) is 6.97. The molecule has 0 unspecified atom stereocenters. The van der Waals surface area contributed by atoms with E-state index in [1.165, 1.54) is 31.8 Å². The van der Waals surface area contributed by atoms with Gasteiger partial charge in [0.2, 0.25) is 0 Å². The Morgan fingerprint density at radius 1 is 1.00 bits per heavy atom. The highest BCUT2D eigenvalue weighted by atomic mass is 16.5. The van der Waals surface area contributed by atoms with E-state index in [-0.39, 0.29) is 28.8 Å². The summed E-state index contributed by atoms with van der Waals surface area (Å²) in [6.45, 7) is 8.09. The van der Waals surface area contributed by atoms with Crippen molar-refractivity contribution < 1.29 is 14.3 Å². The van der Waals surface area contributed by atoms with Gasteiger partial charge in [0.1, 0.15) is 11.9 Å². The number of allylic oxidation sites excluding steroid dienone is 3. The number of hydrogen-bond acceptors (Lipinski definition) is 3. The molecule has 3 heteroatoms. The van der Waals surface area contributed by atoms with Gasteiger partial charge in [-0.3, -0.25) is 9.59 Å². The normalized spacial score (nSPS) is 44.2. The largest absolute Gasteiger partial charge is 0.462 e. The maximum atomic E-state index is 12.2. The lowest BCUT2D eigenvalue weighted by Gasteiger charge is -2.54. The summed E-state index contributed by atoms with van der Waals surface area (Å²) in [6, 6.07) is 0. The molecule has 0 aromatic heterocycles. The van der Waals surface area contributed by atoms with Crippen molar-refractivity contribution >= 4 is 11.8 Å². The van der Waals surface area contributed by atoms with Crippen LogP contribution < -0.4 is 0 Å². The third kappa shape index (κ3) is 2.53. The third-order valence-corrected chi connectivity index (χ3v) is 8.35. The molecule has 0 N–H and O–H groups in total. The Bertz CT molecular complexity index is 702.